The molecule has 0 aliphatic rings. The molecule has 28 heavy (non-hydrogen) atoms. The van der Waals surface area contributed by atoms with E-state index in [2.05, 4.69) is 10.3 Å². The molecule has 148 valence electrons. The predicted octanol–water partition coefficient (Wildman–Crippen LogP) is 4.37. The molecular weight excluding hydrogens is 383 g/mol. The van der Waals surface area contributed by atoms with E-state index in [9.17, 15) is 14.0 Å². The first-order valence-corrected chi connectivity index (χ1v) is 9.00. The van der Waals surface area contributed by atoms with Crippen molar-refractivity contribution in [2.45, 2.75) is 27.2 Å². The van der Waals surface area contributed by atoms with Crippen LogP contribution in [0.5, 0.6) is 5.75 Å². The van der Waals surface area contributed by atoms with Gasteiger partial charge in [-0.15, -0.1) is 0 Å². The van der Waals surface area contributed by atoms with Gasteiger partial charge < -0.3 is 10.1 Å². The Kier molecular flexibility index (Phi) is 6.91. The number of ether oxygens (including phenoxy) is 1. The van der Waals surface area contributed by atoms with E-state index in [4.69, 9.17) is 16.3 Å². The summed E-state index contributed by atoms with van der Waals surface area (Å²) in [6.07, 6.45) is 0.329. The lowest BCUT2D eigenvalue weighted by atomic mass is 9.96. The van der Waals surface area contributed by atoms with Gasteiger partial charge in [0, 0.05) is 12.8 Å². The molecule has 2 aromatic carbocycles. The van der Waals surface area contributed by atoms with E-state index in [-0.39, 0.29) is 16.9 Å². The Morgan fingerprint density at radius 2 is 1.89 bits per heavy atom. The van der Waals surface area contributed by atoms with Gasteiger partial charge in [-0.2, -0.15) is 0 Å². The molecule has 0 atom stereocenters. The van der Waals surface area contributed by atoms with Crippen LogP contribution in [0.25, 0.3) is 0 Å². The van der Waals surface area contributed by atoms with Crippen LogP contribution in [-0.2, 0) is 6.42 Å². The zero-order valence-electron chi connectivity index (χ0n) is 16.4. The van der Waals surface area contributed by atoms with Gasteiger partial charge in [-0.1, -0.05) is 17.7 Å². The Morgan fingerprint density at radius 1 is 1.21 bits per heavy atom. The minimum Gasteiger partial charge on any atom is -0.494 e. The van der Waals surface area contributed by atoms with Gasteiger partial charge in [0.1, 0.15) is 5.82 Å². The molecule has 0 bridgehead atoms. The van der Waals surface area contributed by atoms with E-state index in [1.165, 1.54) is 26.3 Å². The molecule has 0 unspecified atom stereocenters. The summed E-state index contributed by atoms with van der Waals surface area (Å²) < 4.78 is 19.6. The second kappa shape index (κ2) is 8.97. The minimum atomic E-state index is -0.614. The molecule has 0 saturated heterocycles. The fourth-order valence-electron chi connectivity index (χ4n) is 2.79. The minimum absolute atomic E-state index is 0.0284. The van der Waals surface area contributed by atoms with Gasteiger partial charge >= 0.3 is 0 Å². The van der Waals surface area contributed by atoms with Crippen LogP contribution in [0.1, 0.15) is 51.3 Å². The zero-order chi connectivity index (χ0) is 21.0. The molecule has 5 nitrogen and oxygen atoms in total. The van der Waals surface area contributed by atoms with Crippen LogP contribution in [0.2, 0.25) is 5.02 Å². The van der Waals surface area contributed by atoms with Gasteiger partial charge in [-0.3, -0.25) is 9.59 Å². The lowest BCUT2D eigenvalue weighted by Gasteiger charge is -2.15. The highest BCUT2D eigenvalue weighted by molar-refractivity contribution is 6.33. The van der Waals surface area contributed by atoms with Crippen molar-refractivity contribution in [3.63, 3.8) is 0 Å². The number of aliphatic imine (C=N–C) groups is 1. The van der Waals surface area contributed by atoms with Crippen LogP contribution >= 0.6 is 11.6 Å². The summed E-state index contributed by atoms with van der Waals surface area (Å²) in [5.74, 6) is -1.30. The topological polar surface area (TPSA) is 67.8 Å². The van der Waals surface area contributed by atoms with E-state index < -0.39 is 17.6 Å². The monoisotopic (exact) mass is 404 g/mol. The lowest BCUT2D eigenvalue weighted by Crippen LogP contribution is -2.19. The quantitative estimate of drug-likeness (QED) is 0.752. The first-order valence-electron chi connectivity index (χ1n) is 8.62. The van der Waals surface area contributed by atoms with Gasteiger partial charge in [0.05, 0.1) is 23.3 Å². The maximum absolute atomic E-state index is 14.3. The second-order valence-corrected chi connectivity index (χ2v) is 6.87. The second-order valence-electron chi connectivity index (χ2n) is 6.49. The summed E-state index contributed by atoms with van der Waals surface area (Å²) in [5.41, 5.74) is 2.93. The highest BCUT2D eigenvalue weighted by Gasteiger charge is 2.20. The number of carbonyl (C=O) groups excluding carboxylic acids is 2. The van der Waals surface area contributed by atoms with Crippen LogP contribution in [-0.4, -0.2) is 31.7 Å². The predicted molar refractivity (Wildman–Crippen MR) is 108 cm³/mol. The molecule has 7 heteroatoms. The molecule has 0 saturated carbocycles. The number of halogens is 2. The number of carbonyl (C=O) groups is 2. The first-order chi connectivity index (χ1) is 13.2. The summed E-state index contributed by atoms with van der Waals surface area (Å²) in [7, 11) is 2.88. The Labute approximate surface area is 168 Å². The third-order valence-corrected chi connectivity index (χ3v) is 4.69. The highest BCUT2D eigenvalue weighted by atomic mass is 35.5. The molecule has 0 fully saturated rings. The summed E-state index contributed by atoms with van der Waals surface area (Å²) >= 11 is 6.41. The van der Waals surface area contributed by atoms with Crippen molar-refractivity contribution in [2.75, 3.05) is 14.2 Å². The molecule has 0 aromatic heterocycles. The van der Waals surface area contributed by atoms with Crippen LogP contribution < -0.4 is 10.1 Å². The van der Waals surface area contributed by atoms with Gasteiger partial charge in [0.15, 0.2) is 5.75 Å². The highest BCUT2D eigenvalue weighted by Crippen LogP contribution is 2.35. The molecule has 2 rings (SSSR count). The molecule has 0 aliphatic heterocycles. The average molecular weight is 405 g/mol. The van der Waals surface area contributed by atoms with Gasteiger partial charge in [0.25, 0.3) is 11.8 Å². The Bertz CT molecular complexity index is 967. The molecule has 0 radical (unpaired) electrons. The Morgan fingerprint density at radius 3 is 2.43 bits per heavy atom. The summed E-state index contributed by atoms with van der Waals surface area (Å²) in [6, 6.07) is 6.07. The summed E-state index contributed by atoms with van der Waals surface area (Å²) in [4.78, 5) is 28.1. The number of amides is 2. The molecule has 0 aliphatic carbocycles. The maximum Gasteiger partial charge on any atom is 0.280 e. The largest absolute Gasteiger partial charge is 0.494 e. The Balaban J connectivity index is 2.50. The van der Waals surface area contributed by atoms with E-state index in [1.807, 2.05) is 0 Å². The molecule has 1 N–H and O–H groups in total. The van der Waals surface area contributed by atoms with Gasteiger partial charge in [0.2, 0.25) is 0 Å². The fourth-order valence-corrected chi connectivity index (χ4v) is 3.09. The number of methoxy groups -OCH3 is 1. The molecule has 0 spiro atoms. The number of nitrogens with one attached hydrogen (secondary N) is 1. The van der Waals surface area contributed by atoms with E-state index >= 15 is 0 Å². The van der Waals surface area contributed by atoms with E-state index in [1.54, 1.807) is 32.9 Å². The smallest absolute Gasteiger partial charge is 0.280 e. The van der Waals surface area contributed by atoms with E-state index in [0.29, 0.717) is 22.7 Å². The molecule has 2 aromatic rings. The fraction of sp³-hybridized carbons (Fsp3) is 0.286. The van der Waals surface area contributed by atoms with Crippen molar-refractivity contribution < 1.29 is 18.7 Å². The third kappa shape index (κ3) is 4.57. The third-order valence-electron chi connectivity index (χ3n) is 4.23. The van der Waals surface area contributed by atoms with Crippen molar-refractivity contribution in [3.8, 4) is 5.75 Å². The molecule has 2 amide bonds. The molecular formula is C21H22ClFN2O3. The number of hydrogen-bond acceptors (Lipinski definition) is 3. The number of rotatable bonds is 5. The summed E-state index contributed by atoms with van der Waals surface area (Å²) in [6.45, 7) is 5.24. The van der Waals surface area contributed by atoms with Gasteiger partial charge in [-0.05, 0) is 62.1 Å². The van der Waals surface area contributed by atoms with Crippen molar-refractivity contribution in [1.82, 2.24) is 5.32 Å². The number of hydrogen-bond donors (Lipinski definition) is 1. The zero-order valence-corrected chi connectivity index (χ0v) is 17.2. The van der Waals surface area contributed by atoms with Crippen LogP contribution in [0.4, 0.5) is 4.39 Å². The Hall–Kier alpha value is -2.73. The van der Waals surface area contributed by atoms with Crippen LogP contribution in [0, 0.1) is 12.7 Å². The van der Waals surface area contributed by atoms with Crippen molar-refractivity contribution in [1.29, 1.82) is 0 Å². The first kappa shape index (κ1) is 21.6. The average Bonchev–Trinajstić information content (AvgIpc) is 2.64. The normalized spacial score (nSPS) is 10.4. The standard InChI is InChI=1S/C21H22ClFN2O3/c1-11(2)25-21(27)16-10-14(12(3)18(22)19(16)28-5)8-13-6-7-15(17(23)9-13)20(26)24-4/h6-7,9-10H,8H2,1-5H3,(H,24,26). The lowest BCUT2D eigenvalue weighted by molar-refractivity contribution is 0.0957. The van der Waals surface area contributed by atoms with Gasteiger partial charge in [-0.25, -0.2) is 9.38 Å². The SMILES string of the molecule is CNC(=O)c1ccc(Cc2cc(C(=O)N=C(C)C)c(OC)c(Cl)c2C)cc1F. The van der Waals surface area contributed by atoms with Crippen molar-refractivity contribution in [2.24, 2.45) is 4.99 Å². The summed E-state index contributed by atoms with van der Waals surface area (Å²) in [5, 5.41) is 2.71. The van der Waals surface area contributed by atoms with Crippen molar-refractivity contribution in [3.05, 3.63) is 62.9 Å². The van der Waals surface area contributed by atoms with E-state index in [0.717, 1.165) is 11.1 Å². The number of nitrogens with zero attached hydrogens (tertiary/aromatic N) is 1. The van der Waals surface area contributed by atoms with Crippen LogP contribution in [0.3, 0.4) is 0 Å². The van der Waals surface area contributed by atoms with Crippen LogP contribution in [0.15, 0.2) is 29.3 Å². The maximum atomic E-state index is 14.3. The number of benzene rings is 2. The van der Waals surface area contributed by atoms with Crippen molar-refractivity contribution >= 4 is 29.1 Å². The molecule has 0 heterocycles.